The highest BCUT2D eigenvalue weighted by Gasteiger charge is 2.11. The summed E-state index contributed by atoms with van der Waals surface area (Å²) in [6, 6.07) is 13.9. The van der Waals surface area contributed by atoms with Crippen molar-refractivity contribution in [2.24, 2.45) is 0 Å². The van der Waals surface area contributed by atoms with Crippen LogP contribution in [0.4, 0.5) is 11.4 Å². The molecule has 4 nitrogen and oxygen atoms in total. The molecule has 0 spiro atoms. The van der Waals surface area contributed by atoms with Crippen LogP contribution in [0.5, 0.6) is 0 Å². The summed E-state index contributed by atoms with van der Waals surface area (Å²) in [6.07, 6.45) is 0. The molecule has 0 bridgehead atoms. The summed E-state index contributed by atoms with van der Waals surface area (Å²) in [5.74, 6) is 0. The van der Waals surface area contributed by atoms with Gasteiger partial charge in [-0.15, -0.1) is 0 Å². The lowest BCUT2D eigenvalue weighted by molar-refractivity contribution is 0.281. The van der Waals surface area contributed by atoms with E-state index in [1.54, 1.807) is 0 Å². The molecule has 0 amide bonds. The minimum absolute atomic E-state index is 0.0394. The molecule has 2 aromatic rings. The zero-order valence-corrected chi connectivity index (χ0v) is 14.0. The zero-order chi connectivity index (χ0) is 15.9. The molecule has 0 saturated carbocycles. The maximum atomic E-state index is 9.19. The van der Waals surface area contributed by atoms with Crippen molar-refractivity contribution < 1.29 is 10.2 Å². The summed E-state index contributed by atoms with van der Waals surface area (Å²) in [5, 5.41) is 19.1. The highest BCUT2D eigenvalue weighted by Crippen LogP contribution is 2.33. The predicted molar refractivity (Wildman–Crippen MR) is 95.3 cm³/mol. The molecule has 0 radical (unpaired) electrons. The average molecular weight is 365 g/mol. The molecule has 0 saturated heterocycles. The van der Waals surface area contributed by atoms with Crippen molar-refractivity contribution in [3.63, 3.8) is 0 Å². The third-order valence-corrected chi connectivity index (χ3v) is 4.20. The van der Waals surface area contributed by atoms with Gasteiger partial charge in [0.25, 0.3) is 0 Å². The van der Waals surface area contributed by atoms with Gasteiger partial charge in [0.05, 0.1) is 13.2 Å². The van der Waals surface area contributed by atoms with Crippen LogP contribution in [0.2, 0.25) is 0 Å². The minimum atomic E-state index is 0.0394. The van der Waals surface area contributed by atoms with Crippen molar-refractivity contribution in [2.45, 2.75) is 5.33 Å². The van der Waals surface area contributed by atoms with Crippen molar-refractivity contribution in [3.05, 3.63) is 48.0 Å². The van der Waals surface area contributed by atoms with Gasteiger partial charge in [0.1, 0.15) is 0 Å². The molecule has 5 heteroatoms. The Kier molecular flexibility index (Phi) is 6.24. The third-order valence-electron chi connectivity index (χ3n) is 3.59. The van der Waals surface area contributed by atoms with Crippen LogP contribution >= 0.6 is 15.9 Å². The first kappa shape index (κ1) is 16.8. The Labute approximate surface area is 139 Å². The standard InChI is InChI=1S/C17H21BrN2O2/c18-12-13-3-1-2-4-15(13)16-11-14(5-6-17(16)19)20(7-9-21)8-10-22/h1-6,11,21-22H,7-10,12,19H2. The van der Waals surface area contributed by atoms with Gasteiger partial charge >= 0.3 is 0 Å². The van der Waals surface area contributed by atoms with Crippen LogP contribution in [0, 0.1) is 0 Å². The fraction of sp³-hybridized carbons (Fsp3) is 0.294. The van der Waals surface area contributed by atoms with E-state index in [4.69, 9.17) is 5.73 Å². The van der Waals surface area contributed by atoms with E-state index in [9.17, 15) is 10.2 Å². The van der Waals surface area contributed by atoms with Crippen LogP contribution in [-0.2, 0) is 5.33 Å². The number of rotatable bonds is 7. The largest absolute Gasteiger partial charge is 0.398 e. The topological polar surface area (TPSA) is 69.7 Å². The molecule has 0 unspecified atom stereocenters. The molecule has 0 aliphatic heterocycles. The monoisotopic (exact) mass is 364 g/mol. The van der Waals surface area contributed by atoms with Gasteiger partial charge in [-0.2, -0.15) is 0 Å². The summed E-state index contributed by atoms with van der Waals surface area (Å²) < 4.78 is 0. The van der Waals surface area contributed by atoms with Gasteiger partial charge in [-0.3, -0.25) is 0 Å². The molecule has 0 aliphatic carbocycles. The van der Waals surface area contributed by atoms with Crippen LogP contribution in [0.1, 0.15) is 5.56 Å². The van der Waals surface area contributed by atoms with E-state index in [2.05, 4.69) is 28.1 Å². The number of aliphatic hydroxyl groups excluding tert-OH is 2. The lowest BCUT2D eigenvalue weighted by Gasteiger charge is -2.24. The van der Waals surface area contributed by atoms with Crippen LogP contribution in [0.3, 0.4) is 0 Å². The fourth-order valence-corrected chi connectivity index (χ4v) is 2.97. The van der Waals surface area contributed by atoms with E-state index in [-0.39, 0.29) is 13.2 Å². The van der Waals surface area contributed by atoms with E-state index in [0.29, 0.717) is 18.8 Å². The second-order valence-electron chi connectivity index (χ2n) is 5.00. The second kappa shape index (κ2) is 8.17. The highest BCUT2D eigenvalue weighted by molar-refractivity contribution is 9.08. The number of halogens is 1. The Balaban J connectivity index is 2.46. The molecule has 118 valence electrons. The fourth-order valence-electron chi connectivity index (χ4n) is 2.49. The van der Waals surface area contributed by atoms with Gasteiger partial charge in [0, 0.05) is 35.4 Å². The predicted octanol–water partition coefficient (Wildman–Crippen LogP) is 2.62. The maximum absolute atomic E-state index is 9.19. The molecular weight excluding hydrogens is 344 g/mol. The Morgan fingerprint density at radius 1 is 0.955 bits per heavy atom. The number of nitrogens with zero attached hydrogens (tertiary/aromatic N) is 1. The smallest absolute Gasteiger partial charge is 0.0606 e. The molecule has 0 fully saturated rings. The molecule has 0 heterocycles. The minimum Gasteiger partial charge on any atom is -0.398 e. The number of aliphatic hydroxyl groups is 2. The summed E-state index contributed by atoms with van der Waals surface area (Å²) in [6.45, 7) is 1.03. The Hall–Kier alpha value is -1.56. The van der Waals surface area contributed by atoms with Gasteiger partial charge in [0.15, 0.2) is 0 Å². The third kappa shape index (κ3) is 3.80. The summed E-state index contributed by atoms with van der Waals surface area (Å²) in [5.41, 5.74) is 11.0. The molecule has 2 rings (SSSR count). The first-order valence-electron chi connectivity index (χ1n) is 7.21. The summed E-state index contributed by atoms with van der Waals surface area (Å²) in [4.78, 5) is 1.94. The number of nitrogens with two attached hydrogens (primary N) is 1. The molecular formula is C17H21BrN2O2. The van der Waals surface area contributed by atoms with E-state index in [1.165, 1.54) is 5.56 Å². The number of anilines is 2. The van der Waals surface area contributed by atoms with Gasteiger partial charge in [0.2, 0.25) is 0 Å². The second-order valence-corrected chi connectivity index (χ2v) is 5.56. The van der Waals surface area contributed by atoms with E-state index in [1.807, 2.05) is 35.2 Å². The van der Waals surface area contributed by atoms with Crippen LogP contribution in [0.25, 0.3) is 11.1 Å². The first-order chi connectivity index (χ1) is 10.7. The van der Waals surface area contributed by atoms with E-state index >= 15 is 0 Å². The summed E-state index contributed by atoms with van der Waals surface area (Å²) in [7, 11) is 0. The van der Waals surface area contributed by atoms with Gasteiger partial charge < -0.3 is 20.8 Å². The first-order valence-corrected chi connectivity index (χ1v) is 8.33. The van der Waals surface area contributed by atoms with Gasteiger partial charge in [-0.25, -0.2) is 0 Å². The lowest BCUT2D eigenvalue weighted by atomic mass is 9.98. The summed E-state index contributed by atoms with van der Waals surface area (Å²) >= 11 is 3.51. The quantitative estimate of drug-likeness (QED) is 0.521. The molecule has 0 atom stereocenters. The average Bonchev–Trinajstić information content (AvgIpc) is 2.55. The SMILES string of the molecule is Nc1ccc(N(CCO)CCO)cc1-c1ccccc1CBr. The van der Waals surface area contributed by atoms with Gasteiger partial charge in [-0.05, 0) is 29.3 Å². The van der Waals surface area contributed by atoms with Crippen molar-refractivity contribution in [1.29, 1.82) is 0 Å². The lowest BCUT2D eigenvalue weighted by Crippen LogP contribution is -2.29. The molecule has 0 aromatic heterocycles. The Morgan fingerprint density at radius 2 is 1.64 bits per heavy atom. The highest BCUT2D eigenvalue weighted by atomic mass is 79.9. The number of alkyl halides is 1. The molecule has 2 aromatic carbocycles. The Morgan fingerprint density at radius 3 is 2.27 bits per heavy atom. The number of nitrogen functional groups attached to an aromatic ring is 1. The van der Waals surface area contributed by atoms with Crippen molar-refractivity contribution >= 4 is 27.3 Å². The zero-order valence-electron chi connectivity index (χ0n) is 12.4. The van der Waals surface area contributed by atoms with Crippen molar-refractivity contribution in [3.8, 4) is 11.1 Å². The maximum Gasteiger partial charge on any atom is 0.0606 e. The van der Waals surface area contributed by atoms with Crippen LogP contribution < -0.4 is 10.6 Å². The number of hydrogen-bond acceptors (Lipinski definition) is 4. The van der Waals surface area contributed by atoms with E-state index in [0.717, 1.165) is 22.1 Å². The van der Waals surface area contributed by atoms with Crippen molar-refractivity contribution in [1.82, 2.24) is 0 Å². The molecule has 22 heavy (non-hydrogen) atoms. The van der Waals surface area contributed by atoms with E-state index < -0.39 is 0 Å². The molecule has 0 aliphatic rings. The van der Waals surface area contributed by atoms with Crippen LogP contribution in [-0.4, -0.2) is 36.5 Å². The van der Waals surface area contributed by atoms with Crippen molar-refractivity contribution in [2.75, 3.05) is 36.9 Å². The Bertz CT molecular complexity index is 613. The number of hydrogen-bond donors (Lipinski definition) is 3. The molecule has 4 N–H and O–H groups in total. The van der Waals surface area contributed by atoms with Crippen LogP contribution in [0.15, 0.2) is 42.5 Å². The normalized spacial score (nSPS) is 10.7. The number of benzene rings is 2. The van der Waals surface area contributed by atoms with Gasteiger partial charge in [-0.1, -0.05) is 40.2 Å².